The summed E-state index contributed by atoms with van der Waals surface area (Å²) in [5, 5.41) is 12.8. The lowest BCUT2D eigenvalue weighted by atomic mass is 9.94. The van der Waals surface area contributed by atoms with Crippen molar-refractivity contribution in [2.45, 2.75) is 64.2 Å². The predicted molar refractivity (Wildman–Crippen MR) is 97.5 cm³/mol. The van der Waals surface area contributed by atoms with Crippen molar-refractivity contribution >= 4 is 6.03 Å². The van der Waals surface area contributed by atoms with Gasteiger partial charge >= 0.3 is 6.03 Å². The van der Waals surface area contributed by atoms with Crippen molar-refractivity contribution in [3.05, 3.63) is 29.8 Å². The molecule has 0 spiro atoms. The van der Waals surface area contributed by atoms with Crippen molar-refractivity contribution < 1.29 is 14.6 Å². The Morgan fingerprint density at radius 1 is 1.32 bits per heavy atom. The summed E-state index contributed by atoms with van der Waals surface area (Å²) in [5.74, 6) is 1.08. The molecule has 0 bridgehead atoms. The zero-order valence-electron chi connectivity index (χ0n) is 15.1. The van der Waals surface area contributed by atoms with Crippen LogP contribution in [0.1, 0.15) is 51.0 Å². The molecule has 1 saturated carbocycles. The maximum absolute atomic E-state index is 12.4. The van der Waals surface area contributed by atoms with Gasteiger partial charge in [-0.05, 0) is 63.1 Å². The van der Waals surface area contributed by atoms with Gasteiger partial charge in [0.25, 0.3) is 0 Å². The molecule has 1 heterocycles. The summed E-state index contributed by atoms with van der Waals surface area (Å²) in [4.78, 5) is 14.2. The lowest BCUT2D eigenvalue weighted by Crippen LogP contribution is -2.47. The number of ether oxygens (including phenoxy) is 1. The van der Waals surface area contributed by atoms with Crippen LogP contribution in [0.3, 0.4) is 0 Å². The first-order chi connectivity index (χ1) is 12.1. The molecule has 2 amide bonds. The average molecular weight is 346 g/mol. The van der Waals surface area contributed by atoms with Gasteiger partial charge in [0.15, 0.2) is 0 Å². The molecule has 5 nitrogen and oxygen atoms in total. The Hall–Kier alpha value is -1.75. The number of hydrogen-bond acceptors (Lipinski definition) is 3. The number of benzene rings is 1. The molecule has 1 aromatic rings. The van der Waals surface area contributed by atoms with Crippen LogP contribution >= 0.6 is 0 Å². The molecule has 3 rings (SSSR count). The predicted octanol–water partition coefficient (Wildman–Crippen LogP) is 3.31. The molecule has 0 aromatic heterocycles. The van der Waals surface area contributed by atoms with Gasteiger partial charge in [-0.2, -0.15) is 0 Å². The average Bonchev–Trinajstić information content (AvgIpc) is 3.13. The Morgan fingerprint density at radius 3 is 2.88 bits per heavy atom. The third-order valence-electron chi connectivity index (χ3n) is 5.37. The Labute approximate surface area is 150 Å². The molecule has 5 heteroatoms. The molecule has 2 N–H and O–H groups in total. The number of likely N-dealkylation sites (tertiary alicyclic amines) is 1. The third kappa shape index (κ3) is 5.11. The first kappa shape index (κ1) is 18.1. The highest BCUT2D eigenvalue weighted by atomic mass is 16.5. The normalized spacial score (nSPS) is 22.6. The molecule has 2 aliphatic rings. The largest absolute Gasteiger partial charge is 0.490 e. The summed E-state index contributed by atoms with van der Waals surface area (Å²) >= 11 is 0. The molecule has 1 aromatic carbocycles. The first-order valence-corrected chi connectivity index (χ1v) is 9.58. The van der Waals surface area contributed by atoms with Crippen LogP contribution in [0.2, 0.25) is 0 Å². The van der Waals surface area contributed by atoms with E-state index in [1.54, 1.807) is 0 Å². The fourth-order valence-corrected chi connectivity index (χ4v) is 3.81. The highest BCUT2D eigenvalue weighted by Gasteiger charge is 2.26. The number of amides is 2. The zero-order valence-corrected chi connectivity index (χ0v) is 15.1. The van der Waals surface area contributed by atoms with Gasteiger partial charge < -0.3 is 20.1 Å². The summed E-state index contributed by atoms with van der Waals surface area (Å²) in [6.45, 7) is 3.70. The molecule has 1 saturated heterocycles. The standard InChI is InChI=1S/C20H30N2O3/c1-15(23)17-7-5-11-22(14-17)20(24)21-13-16-6-4-10-19(12-16)25-18-8-2-3-9-18/h4,6,10,12,15,17-18,23H,2-3,5,7-9,11,13-14H2,1H3,(H,21,24)/t15-,17+/m1/s1. The molecule has 2 fully saturated rings. The van der Waals surface area contributed by atoms with Gasteiger partial charge in [-0.25, -0.2) is 4.79 Å². The Kier molecular flexibility index (Phi) is 6.19. The van der Waals surface area contributed by atoms with Crippen molar-refractivity contribution in [2.24, 2.45) is 5.92 Å². The topological polar surface area (TPSA) is 61.8 Å². The molecule has 138 valence electrons. The second-order valence-electron chi connectivity index (χ2n) is 7.42. The van der Waals surface area contributed by atoms with Gasteiger partial charge in [-0.1, -0.05) is 12.1 Å². The van der Waals surface area contributed by atoms with E-state index >= 15 is 0 Å². The quantitative estimate of drug-likeness (QED) is 0.860. The van der Waals surface area contributed by atoms with Gasteiger partial charge in [0.05, 0.1) is 12.2 Å². The molecule has 0 unspecified atom stereocenters. The lowest BCUT2D eigenvalue weighted by molar-refractivity contribution is 0.0738. The van der Waals surface area contributed by atoms with E-state index in [0.29, 0.717) is 19.2 Å². The van der Waals surface area contributed by atoms with E-state index in [4.69, 9.17) is 4.74 Å². The van der Waals surface area contributed by atoms with E-state index in [2.05, 4.69) is 5.32 Å². The Bertz CT molecular complexity index is 570. The van der Waals surface area contributed by atoms with Crippen LogP contribution in [0.5, 0.6) is 5.75 Å². The minimum atomic E-state index is -0.361. The molecule has 0 radical (unpaired) electrons. The number of nitrogens with zero attached hydrogens (tertiary/aromatic N) is 1. The molecule has 1 aliphatic heterocycles. The van der Waals surface area contributed by atoms with E-state index in [1.165, 1.54) is 12.8 Å². The Morgan fingerprint density at radius 2 is 2.12 bits per heavy atom. The van der Waals surface area contributed by atoms with Crippen molar-refractivity contribution in [1.82, 2.24) is 10.2 Å². The van der Waals surface area contributed by atoms with E-state index < -0.39 is 0 Å². The monoisotopic (exact) mass is 346 g/mol. The first-order valence-electron chi connectivity index (χ1n) is 9.58. The van der Waals surface area contributed by atoms with Crippen molar-refractivity contribution in [1.29, 1.82) is 0 Å². The highest BCUT2D eigenvalue weighted by molar-refractivity contribution is 5.74. The number of aliphatic hydroxyl groups excluding tert-OH is 1. The van der Waals surface area contributed by atoms with E-state index in [-0.39, 0.29) is 18.1 Å². The van der Waals surface area contributed by atoms with Gasteiger partial charge in [-0.3, -0.25) is 0 Å². The van der Waals surface area contributed by atoms with Crippen molar-refractivity contribution in [3.63, 3.8) is 0 Å². The van der Waals surface area contributed by atoms with Crippen LogP contribution in [-0.2, 0) is 6.54 Å². The molecule has 2 atom stereocenters. The smallest absolute Gasteiger partial charge is 0.317 e. The maximum Gasteiger partial charge on any atom is 0.317 e. The fraction of sp³-hybridized carbons (Fsp3) is 0.650. The van der Waals surface area contributed by atoms with Gasteiger partial charge in [0.1, 0.15) is 5.75 Å². The third-order valence-corrected chi connectivity index (χ3v) is 5.37. The number of carbonyl (C=O) groups excluding carboxylic acids is 1. The maximum atomic E-state index is 12.4. The summed E-state index contributed by atoms with van der Waals surface area (Å²) < 4.78 is 6.03. The van der Waals surface area contributed by atoms with Crippen LogP contribution in [0.25, 0.3) is 0 Å². The molecule has 25 heavy (non-hydrogen) atoms. The van der Waals surface area contributed by atoms with Crippen molar-refractivity contribution in [2.75, 3.05) is 13.1 Å². The summed E-state index contributed by atoms with van der Waals surface area (Å²) in [6.07, 6.45) is 6.71. The van der Waals surface area contributed by atoms with Crippen LogP contribution in [-0.4, -0.2) is 41.3 Å². The highest BCUT2D eigenvalue weighted by Crippen LogP contribution is 2.24. The van der Waals surface area contributed by atoms with Gasteiger partial charge in [-0.15, -0.1) is 0 Å². The molecule has 1 aliphatic carbocycles. The fourth-order valence-electron chi connectivity index (χ4n) is 3.81. The van der Waals surface area contributed by atoms with Gasteiger partial charge in [0.2, 0.25) is 0 Å². The van der Waals surface area contributed by atoms with Crippen LogP contribution in [0.4, 0.5) is 4.79 Å². The molecular formula is C20H30N2O3. The summed E-state index contributed by atoms with van der Waals surface area (Å²) in [7, 11) is 0. The van der Waals surface area contributed by atoms with E-state index in [0.717, 1.165) is 43.5 Å². The number of carbonyl (C=O) groups is 1. The Balaban J connectivity index is 1.49. The number of piperidine rings is 1. The van der Waals surface area contributed by atoms with E-state index in [1.807, 2.05) is 36.1 Å². The van der Waals surface area contributed by atoms with Crippen LogP contribution < -0.4 is 10.1 Å². The minimum absolute atomic E-state index is 0.0486. The zero-order chi connectivity index (χ0) is 17.6. The van der Waals surface area contributed by atoms with Crippen molar-refractivity contribution in [3.8, 4) is 5.75 Å². The molecular weight excluding hydrogens is 316 g/mol. The van der Waals surface area contributed by atoms with Crippen LogP contribution in [0, 0.1) is 5.92 Å². The number of aliphatic hydroxyl groups is 1. The van der Waals surface area contributed by atoms with Crippen LogP contribution in [0.15, 0.2) is 24.3 Å². The number of urea groups is 1. The number of nitrogens with one attached hydrogen (secondary N) is 1. The van der Waals surface area contributed by atoms with E-state index in [9.17, 15) is 9.90 Å². The SMILES string of the molecule is C[C@@H](O)[C@H]1CCCN(C(=O)NCc2cccc(OC3CCCC3)c2)C1. The lowest BCUT2D eigenvalue weighted by Gasteiger charge is -2.34. The summed E-state index contributed by atoms with van der Waals surface area (Å²) in [6, 6.07) is 7.95. The second-order valence-corrected chi connectivity index (χ2v) is 7.42. The minimum Gasteiger partial charge on any atom is -0.490 e. The van der Waals surface area contributed by atoms with Gasteiger partial charge in [0, 0.05) is 25.6 Å². The second kappa shape index (κ2) is 8.56. The number of hydrogen-bond donors (Lipinski definition) is 2. The summed E-state index contributed by atoms with van der Waals surface area (Å²) in [5.41, 5.74) is 1.05. The number of rotatable bonds is 5.